The van der Waals surface area contributed by atoms with E-state index in [1.807, 2.05) is 6.92 Å². The topological polar surface area (TPSA) is 72.9 Å². The Kier molecular flexibility index (Phi) is 4.22. The highest BCUT2D eigenvalue weighted by Crippen LogP contribution is 2.24. The summed E-state index contributed by atoms with van der Waals surface area (Å²) in [5.41, 5.74) is -1.24. The van der Waals surface area contributed by atoms with Gasteiger partial charge in [0.25, 0.3) is 0 Å². The van der Waals surface area contributed by atoms with Gasteiger partial charge in [-0.1, -0.05) is 6.42 Å². The van der Waals surface area contributed by atoms with E-state index in [1.54, 1.807) is 4.90 Å². The van der Waals surface area contributed by atoms with Crippen molar-refractivity contribution in [2.45, 2.75) is 57.7 Å². The van der Waals surface area contributed by atoms with E-state index in [-0.39, 0.29) is 12.1 Å². The third kappa shape index (κ3) is 3.06. The lowest BCUT2D eigenvalue weighted by Crippen LogP contribution is -2.64. The van der Waals surface area contributed by atoms with Crippen molar-refractivity contribution in [2.24, 2.45) is 0 Å². The fourth-order valence-electron chi connectivity index (χ4n) is 3.03. The number of carboxylic acids is 1. The SMILES string of the molecule is CC1CN2CCCCC2CN1C(=O)NC(C)(C)C(=O)O. The number of carboxylic acid groups (broad SMARTS) is 1. The van der Waals surface area contributed by atoms with Gasteiger partial charge in [-0.05, 0) is 40.2 Å². The smallest absolute Gasteiger partial charge is 0.328 e. The summed E-state index contributed by atoms with van der Waals surface area (Å²) >= 11 is 0. The minimum atomic E-state index is -1.24. The second kappa shape index (κ2) is 5.60. The number of fused-ring (bicyclic) bond motifs is 1. The van der Waals surface area contributed by atoms with Crippen LogP contribution in [0.3, 0.4) is 0 Å². The van der Waals surface area contributed by atoms with Gasteiger partial charge in [-0.2, -0.15) is 0 Å². The Hall–Kier alpha value is -1.30. The van der Waals surface area contributed by atoms with Crippen LogP contribution in [0.25, 0.3) is 0 Å². The molecule has 6 heteroatoms. The van der Waals surface area contributed by atoms with E-state index in [0.29, 0.717) is 12.6 Å². The number of nitrogens with zero attached hydrogens (tertiary/aromatic N) is 2. The molecule has 0 spiro atoms. The van der Waals surface area contributed by atoms with Crippen LogP contribution in [0.2, 0.25) is 0 Å². The van der Waals surface area contributed by atoms with Gasteiger partial charge in [0.05, 0.1) is 0 Å². The molecule has 2 aliphatic rings. The van der Waals surface area contributed by atoms with Crippen molar-refractivity contribution < 1.29 is 14.7 Å². The summed E-state index contributed by atoms with van der Waals surface area (Å²) in [7, 11) is 0. The van der Waals surface area contributed by atoms with Gasteiger partial charge in [0.15, 0.2) is 0 Å². The summed E-state index contributed by atoms with van der Waals surface area (Å²) in [6, 6.07) is 0.280. The molecule has 0 aromatic heterocycles. The lowest BCUT2D eigenvalue weighted by atomic mass is 9.97. The number of amides is 2. The second-order valence-corrected chi connectivity index (χ2v) is 6.51. The predicted molar refractivity (Wildman–Crippen MR) is 75.6 cm³/mol. The van der Waals surface area contributed by atoms with Crippen LogP contribution >= 0.6 is 0 Å². The summed E-state index contributed by atoms with van der Waals surface area (Å²) in [5, 5.41) is 11.7. The Morgan fingerprint density at radius 3 is 2.60 bits per heavy atom. The number of piperazine rings is 1. The minimum absolute atomic E-state index is 0.119. The van der Waals surface area contributed by atoms with Gasteiger partial charge >= 0.3 is 12.0 Å². The van der Waals surface area contributed by atoms with E-state index in [0.717, 1.165) is 19.5 Å². The molecule has 0 radical (unpaired) electrons. The van der Waals surface area contributed by atoms with Crippen molar-refractivity contribution in [2.75, 3.05) is 19.6 Å². The first kappa shape index (κ1) is 15.1. The van der Waals surface area contributed by atoms with E-state index in [1.165, 1.54) is 26.7 Å². The molecule has 2 aliphatic heterocycles. The lowest BCUT2D eigenvalue weighted by Gasteiger charge is -2.47. The molecule has 2 amide bonds. The van der Waals surface area contributed by atoms with Crippen molar-refractivity contribution in [3.63, 3.8) is 0 Å². The van der Waals surface area contributed by atoms with E-state index in [9.17, 15) is 9.59 Å². The van der Waals surface area contributed by atoms with Gasteiger partial charge < -0.3 is 15.3 Å². The van der Waals surface area contributed by atoms with E-state index in [4.69, 9.17) is 5.11 Å². The van der Waals surface area contributed by atoms with Crippen molar-refractivity contribution >= 4 is 12.0 Å². The third-order valence-electron chi connectivity index (χ3n) is 4.40. The van der Waals surface area contributed by atoms with Crippen LogP contribution < -0.4 is 5.32 Å². The highest BCUT2D eigenvalue weighted by Gasteiger charge is 2.38. The fourth-order valence-corrected chi connectivity index (χ4v) is 3.03. The molecule has 6 nitrogen and oxygen atoms in total. The zero-order valence-electron chi connectivity index (χ0n) is 12.6. The normalized spacial score (nSPS) is 27.9. The number of hydrogen-bond acceptors (Lipinski definition) is 3. The van der Waals surface area contributed by atoms with E-state index in [2.05, 4.69) is 10.2 Å². The highest BCUT2D eigenvalue weighted by molar-refractivity contribution is 5.85. The molecule has 2 unspecified atom stereocenters. The first-order chi connectivity index (χ1) is 9.31. The first-order valence-electron chi connectivity index (χ1n) is 7.37. The number of aliphatic carboxylic acids is 1. The summed E-state index contributed by atoms with van der Waals surface area (Å²) in [6.07, 6.45) is 3.58. The van der Waals surface area contributed by atoms with Crippen molar-refractivity contribution in [1.82, 2.24) is 15.1 Å². The maximum atomic E-state index is 12.3. The van der Waals surface area contributed by atoms with Crippen molar-refractivity contribution in [3.8, 4) is 0 Å². The molecule has 2 atom stereocenters. The summed E-state index contributed by atoms with van der Waals surface area (Å²) in [4.78, 5) is 27.7. The Labute approximate surface area is 120 Å². The average Bonchev–Trinajstić information content (AvgIpc) is 2.37. The van der Waals surface area contributed by atoms with Crippen LogP contribution in [-0.4, -0.2) is 64.2 Å². The Balaban J connectivity index is 2.01. The largest absolute Gasteiger partial charge is 0.480 e. The summed E-state index contributed by atoms with van der Waals surface area (Å²) in [6.45, 7) is 7.74. The molecule has 2 N–H and O–H groups in total. The number of rotatable bonds is 2. The minimum Gasteiger partial charge on any atom is -0.480 e. The van der Waals surface area contributed by atoms with E-state index >= 15 is 0 Å². The number of urea groups is 1. The molecule has 114 valence electrons. The standard InChI is InChI=1S/C14H25N3O3/c1-10-8-16-7-5-4-6-11(16)9-17(10)13(20)15-14(2,3)12(18)19/h10-11H,4-9H2,1-3H3,(H,15,20)(H,18,19). The number of nitrogens with one attached hydrogen (secondary N) is 1. The lowest BCUT2D eigenvalue weighted by molar-refractivity contribution is -0.143. The average molecular weight is 283 g/mol. The molecular formula is C14H25N3O3. The number of piperidine rings is 1. The molecule has 2 saturated heterocycles. The van der Waals surface area contributed by atoms with Crippen molar-refractivity contribution in [1.29, 1.82) is 0 Å². The van der Waals surface area contributed by atoms with Gasteiger partial charge in [0.1, 0.15) is 5.54 Å². The van der Waals surface area contributed by atoms with Gasteiger partial charge in [0.2, 0.25) is 0 Å². The molecule has 0 saturated carbocycles. The van der Waals surface area contributed by atoms with Gasteiger partial charge in [-0.3, -0.25) is 4.90 Å². The molecule has 2 fully saturated rings. The predicted octanol–water partition coefficient (Wildman–Crippen LogP) is 1.12. The van der Waals surface area contributed by atoms with Crippen LogP contribution in [0.15, 0.2) is 0 Å². The molecule has 2 rings (SSSR count). The molecule has 0 aromatic rings. The highest BCUT2D eigenvalue weighted by atomic mass is 16.4. The Morgan fingerprint density at radius 2 is 1.95 bits per heavy atom. The number of hydrogen-bond donors (Lipinski definition) is 2. The number of carbonyl (C=O) groups is 2. The number of carbonyl (C=O) groups excluding carboxylic acids is 1. The molecule has 0 aliphatic carbocycles. The quantitative estimate of drug-likeness (QED) is 0.796. The summed E-state index contributed by atoms with van der Waals surface area (Å²) in [5.74, 6) is -1.02. The van der Waals surface area contributed by atoms with E-state index < -0.39 is 11.5 Å². The monoisotopic (exact) mass is 283 g/mol. The Bertz CT molecular complexity index is 397. The zero-order chi connectivity index (χ0) is 14.9. The van der Waals surface area contributed by atoms with Gasteiger partial charge in [-0.15, -0.1) is 0 Å². The maximum Gasteiger partial charge on any atom is 0.328 e. The van der Waals surface area contributed by atoms with Crippen LogP contribution in [0, 0.1) is 0 Å². The zero-order valence-corrected chi connectivity index (χ0v) is 12.6. The maximum absolute atomic E-state index is 12.3. The van der Waals surface area contributed by atoms with Crippen LogP contribution in [-0.2, 0) is 4.79 Å². The summed E-state index contributed by atoms with van der Waals surface area (Å²) < 4.78 is 0. The van der Waals surface area contributed by atoms with Crippen LogP contribution in [0.4, 0.5) is 4.79 Å². The van der Waals surface area contributed by atoms with Crippen molar-refractivity contribution in [3.05, 3.63) is 0 Å². The molecule has 0 bridgehead atoms. The Morgan fingerprint density at radius 1 is 1.25 bits per heavy atom. The molecule has 0 aromatic carbocycles. The van der Waals surface area contributed by atoms with Gasteiger partial charge in [-0.25, -0.2) is 9.59 Å². The van der Waals surface area contributed by atoms with Crippen LogP contribution in [0.1, 0.15) is 40.0 Å². The fraction of sp³-hybridized carbons (Fsp3) is 0.857. The van der Waals surface area contributed by atoms with Crippen LogP contribution in [0.5, 0.6) is 0 Å². The first-order valence-corrected chi connectivity index (χ1v) is 7.37. The molecule has 2 heterocycles. The van der Waals surface area contributed by atoms with Gasteiger partial charge in [0, 0.05) is 25.2 Å². The molecule has 20 heavy (non-hydrogen) atoms. The second-order valence-electron chi connectivity index (χ2n) is 6.51. The third-order valence-corrected chi connectivity index (χ3v) is 4.40. The molecular weight excluding hydrogens is 258 g/mol.